The highest BCUT2D eigenvalue weighted by molar-refractivity contribution is 5.11. The van der Waals surface area contributed by atoms with E-state index in [1.165, 1.54) is 0 Å². The van der Waals surface area contributed by atoms with E-state index < -0.39 is 0 Å². The summed E-state index contributed by atoms with van der Waals surface area (Å²) < 4.78 is 7.29. The summed E-state index contributed by atoms with van der Waals surface area (Å²) in [4.78, 5) is 23.5. The van der Waals surface area contributed by atoms with Crippen LogP contribution in [0, 0.1) is 5.92 Å². The van der Waals surface area contributed by atoms with Crippen LogP contribution in [-0.4, -0.2) is 32.5 Å². The summed E-state index contributed by atoms with van der Waals surface area (Å²) in [6.45, 7) is 12.0. The van der Waals surface area contributed by atoms with Crippen molar-refractivity contribution in [3.63, 3.8) is 0 Å². The molecule has 6 heteroatoms. The second kappa shape index (κ2) is 8.16. The number of aromatic nitrogens is 3. The summed E-state index contributed by atoms with van der Waals surface area (Å²) in [6, 6.07) is 1.68. The molecule has 0 radical (unpaired) electrons. The fourth-order valence-electron chi connectivity index (χ4n) is 3.58. The fourth-order valence-corrected chi connectivity index (χ4v) is 3.58. The Balaban J connectivity index is 1.54. The molecule has 0 spiro atoms. The van der Waals surface area contributed by atoms with Crippen molar-refractivity contribution >= 4 is 0 Å². The molecule has 2 aromatic rings. The van der Waals surface area contributed by atoms with Crippen molar-refractivity contribution in [1.82, 2.24) is 19.4 Å². The predicted molar refractivity (Wildman–Crippen MR) is 101 cm³/mol. The highest BCUT2D eigenvalue weighted by atomic mass is 16.3. The van der Waals surface area contributed by atoms with Crippen molar-refractivity contribution in [2.75, 3.05) is 13.1 Å². The van der Waals surface area contributed by atoms with Crippen molar-refractivity contribution in [1.29, 1.82) is 0 Å². The third kappa shape index (κ3) is 4.41. The van der Waals surface area contributed by atoms with Gasteiger partial charge in [-0.05, 0) is 37.8 Å². The maximum atomic E-state index is 12.3. The zero-order valence-corrected chi connectivity index (χ0v) is 16.3. The molecule has 1 saturated heterocycles. The van der Waals surface area contributed by atoms with Gasteiger partial charge in [0.05, 0.1) is 17.7 Å². The summed E-state index contributed by atoms with van der Waals surface area (Å²) in [6.07, 6.45) is 5.45. The molecular weight excluding hydrogens is 328 g/mol. The standard InChI is InChI=1S/C20H30N4O2/c1-14(2)17-9-19(25)24(12-21-17)10-16-5-7-23(8-6-16)11-18-20(15(3)4)26-13-22-18/h9,12-16H,5-8,10-11H2,1-4H3. The van der Waals surface area contributed by atoms with Crippen molar-refractivity contribution in [3.8, 4) is 0 Å². The van der Waals surface area contributed by atoms with Crippen molar-refractivity contribution < 1.29 is 4.42 Å². The van der Waals surface area contributed by atoms with Gasteiger partial charge in [-0.3, -0.25) is 14.3 Å². The monoisotopic (exact) mass is 358 g/mol. The molecule has 0 bridgehead atoms. The molecule has 0 N–H and O–H groups in total. The summed E-state index contributed by atoms with van der Waals surface area (Å²) in [5.41, 5.74) is 1.99. The Kier molecular flexibility index (Phi) is 5.91. The normalized spacial score (nSPS) is 16.7. The minimum atomic E-state index is 0.0651. The molecule has 0 amide bonds. The lowest BCUT2D eigenvalue weighted by Gasteiger charge is -2.31. The average Bonchev–Trinajstić information content (AvgIpc) is 3.06. The van der Waals surface area contributed by atoms with Crippen LogP contribution in [0.3, 0.4) is 0 Å². The lowest BCUT2D eigenvalue weighted by molar-refractivity contribution is 0.164. The number of nitrogens with zero attached hydrogens (tertiary/aromatic N) is 4. The molecule has 0 aliphatic carbocycles. The molecule has 1 fully saturated rings. The molecule has 0 atom stereocenters. The smallest absolute Gasteiger partial charge is 0.253 e. The summed E-state index contributed by atoms with van der Waals surface area (Å²) in [5.74, 6) is 2.17. The van der Waals surface area contributed by atoms with Gasteiger partial charge in [-0.1, -0.05) is 27.7 Å². The zero-order chi connectivity index (χ0) is 18.7. The molecule has 6 nitrogen and oxygen atoms in total. The average molecular weight is 358 g/mol. The molecule has 2 aromatic heterocycles. The van der Waals surface area contributed by atoms with E-state index in [-0.39, 0.29) is 11.5 Å². The van der Waals surface area contributed by atoms with Gasteiger partial charge in [0.2, 0.25) is 0 Å². The lowest BCUT2D eigenvalue weighted by atomic mass is 9.96. The Morgan fingerprint density at radius 3 is 2.50 bits per heavy atom. The minimum Gasteiger partial charge on any atom is -0.448 e. The second-order valence-electron chi connectivity index (χ2n) is 8.00. The molecule has 0 saturated carbocycles. The van der Waals surface area contributed by atoms with E-state index in [4.69, 9.17) is 4.42 Å². The Hall–Kier alpha value is -1.95. The van der Waals surface area contributed by atoms with E-state index in [1.54, 1.807) is 23.4 Å². The van der Waals surface area contributed by atoms with E-state index in [9.17, 15) is 4.79 Å². The van der Waals surface area contributed by atoms with Gasteiger partial charge in [-0.15, -0.1) is 0 Å². The van der Waals surface area contributed by atoms with E-state index >= 15 is 0 Å². The van der Waals surface area contributed by atoms with E-state index in [0.29, 0.717) is 11.8 Å². The molecule has 142 valence electrons. The first-order valence-corrected chi connectivity index (χ1v) is 9.65. The third-order valence-electron chi connectivity index (χ3n) is 5.22. The number of oxazole rings is 1. The van der Waals surface area contributed by atoms with E-state index in [1.807, 2.05) is 0 Å². The second-order valence-corrected chi connectivity index (χ2v) is 8.00. The zero-order valence-electron chi connectivity index (χ0n) is 16.3. The lowest BCUT2D eigenvalue weighted by Crippen LogP contribution is -2.36. The van der Waals surface area contributed by atoms with Gasteiger partial charge < -0.3 is 4.42 Å². The SMILES string of the molecule is CC(C)c1cc(=O)n(CC2CCN(Cc3ncoc3C(C)C)CC2)cn1. The van der Waals surface area contributed by atoms with Crippen LogP contribution in [0.1, 0.15) is 69.5 Å². The van der Waals surface area contributed by atoms with Gasteiger partial charge in [0.15, 0.2) is 6.39 Å². The van der Waals surface area contributed by atoms with Gasteiger partial charge in [-0.2, -0.15) is 0 Å². The molecule has 3 heterocycles. The van der Waals surface area contributed by atoms with Crippen molar-refractivity contribution in [2.45, 2.75) is 65.5 Å². The van der Waals surface area contributed by atoms with Crippen molar-refractivity contribution in [2.24, 2.45) is 5.92 Å². The Labute approximate surface area is 155 Å². The van der Waals surface area contributed by atoms with Gasteiger partial charge in [0.25, 0.3) is 5.56 Å². The van der Waals surface area contributed by atoms with Gasteiger partial charge >= 0.3 is 0 Å². The first kappa shape index (κ1) is 18.8. The van der Waals surface area contributed by atoms with E-state index in [2.05, 4.69) is 42.6 Å². The first-order chi connectivity index (χ1) is 12.4. The number of rotatable bonds is 6. The van der Waals surface area contributed by atoms with Crippen LogP contribution in [-0.2, 0) is 13.1 Å². The Morgan fingerprint density at radius 2 is 1.88 bits per heavy atom. The third-order valence-corrected chi connectivity index (χ3v) is 5.22. The minimum absolute atomic E-state index is 0.0651. The quantitative estimate of drug-likeness (QED) is 0.792. The summed E-state index contributed by atoms with van der Waals surface area (Å²) in [7, 11) is 0. The highest BCUT2D eigenvalue weighted by Gasteiger charge is 2.22. The Morgan fingerprint density at radius 1 is 1.15 bits per heavy atom. The van der Waals surface area contributed by atoms with Crippen LogP contribution in [0.4, 0.5) is 0 Å². The summed E-state index contributed by atoms with van der Waals surface area (Å²) in [5, 5.41) is 0. The molecular formula is C20H30N4O2. The fraction of sp³-hybridized carbons (Fsp3) is 0.650. The number of likely N-dealkylation sites (tertiary alicyclic amines) is 1. The molecule has 26 heavy (non-hydrogen) atoms. The molecule has 1 aliphatic heterocycles. The van der Waals surface area contributed by atoms with Crippen LogP contribution < -0.4 is 5.56 Å². The topological polar surface area (TPSA) is 64.2 Å². The van der Waals surface area contributed by atoms with E-state index in [0.717, 1.165) is 56.2 Å². The van der Waals surface area contributed by atoms with Crippen LogP contribution in [0.2, 0.25) is 0 Å². The number of hydrogen-bond acceptors (Lipinski definition) is 5. The molecule has 0 unspecified atom stereocenters. The number of piperidine rings is 1. The Bertz CT molecular complexity index is 770. The number of hydrogen-bond donors (Lipinski definition) is 0. The van der Waals surface area contributed by atoms with Gasteiger partial charge in [0.1, 0.15) is 5.76 Å². The predicted octanol–water partition coefficient (Wildman–Crippen LogP) is 3.39. The van der Waals surface area contributed by atoms with Crippen molar-refractivity contribution in [3.05, 3.63) is 46.3 Å². The molecule has 3 rings (SSSR count). The van der Waals surface area contributed by atoms with Gasteiger partial charge in [0, 0.05) is 25.1 Å². The highest BCUT2D eigenvalue weighted by Crippen LogP contribution is 2.23. The van der Waals surface area contributed by atoms with Crippen LogP contribution >= 0.6 is 0 Å². The van der Waals surface area contributed by atoms with Crippen LogP contribution in [0.5, 0.6) is 0 Å². The maximum absolute atomic E-state index is 12.3. The molecule has 1 aliphatic rings. The maximum Gasteiger partial charge on any atom is 0.253 e. The van der Waals surface area contributed by atoms with Crippen LogP contribution in [0.15, 0.2) is 28.0 Å². The first-order valence-electron chi connectivity index (χ1n) is 9.65. The van der Waals surface area contributed by atoms with Crippen LogP contribution in [0.25, 0.3) is 0 Å². The largest absolute Gasteiger partial charge is 0.448 e. The molecule has 0 aromatic carbocycles. The summed E-state index contributed by atoms with van der Waals surface area (Å²) >= 11 is 0. The van der Waals surface area contributed by atoms with Gasteiger partial charge in [-0.25, -0.2) is 9.97 Å².